The number of aromatic hydroxyl groups is 1. The van der Waals surface area contributed by atoms with E-state index in [4.69, 9.17) is 0 Å². The first-order chi connectivity index (χ1) is 9.44. The van der Waals surface area contributed by atoms with Crippen LogP contribution in [0.25, 0.3) is 0 Å². The molecule has 0 spiro atoms. The summed E-state index contributed by atoms with van der Waals surface area (Å²) in [7, 11) is 0. The minimum Gasteiger partial charge on any atom is -0.503 e. The van der Waals surface area contributed by atoms with Gasteiger partial charge in [0.05, 0.1) is 6.20 Å². The van der Waals surface area contributed by atoms with Crippen LogP contribution in [0.5, 0.6) is 5.75 Å². The highest BCUT2D eigenvalue weighted by molar-refractivity contribution is 5.72. The van der Waals surface area contributed by atoms with Crippen molar-refractivity contribution in [2.45, 2.75) is 39.8 Å². The van der Waals surface area contributed by atoms with E-state index in [0.29, 0.717) is 18.7 Å². The number of hydrogen-bond acceptors (Lipinski definition) is 4. The highest BCUT2D eigenvalue weighted by Crippen LogP contribution is 2.18. The van der Waals surface area contributed by atoms with Gasteiger partial charge in [0.1, 0.15) is 6.04 Å². The van der Waals surface area contributed by atoms with Gasteiger partial charge >= 0.3 is 5.97 Å². The van der Waals surface area contributed by atoms with Crippen molar-refractivity contribution in [1.82, 2.24) is 9.47 Å². The molecule has 1 unspecified atom stereocenters. The first kappa shape index (κ1) is 16.2. The lowest BCUT2D eigenvalue weighted by atomic mass is 10.2. The van der Waals surface area contributed by atoms with E-state index in [9.17, 15) is 19.8 Å². The topological polar surface area (TPSA) is 82.8 Å². The van der Waals surface area contributed by atoms with E-state index in [1.54, 1.807) is 6.92 Å². The second-order valence-electron chi connectivity index (χ2n) is 4.65. The van der Waals surface area contributed by atoms with Crippen molar-refractivity contribution in [3.8, 4) is 5.75 Å². The first-order valence-corrected chi connectivity index (χ1v) is 6.83. The molecule has 0 amide bonds. The molecule has 0 fully saturated rings. The first-order valence-electron chi connectivity index (χ1n) is 6.83. The van der Waals surface area contributed by atoms with E-state index in [1.165, 1.54) is 16.8 Å². The molecule has 0 aliphatic carbocycles. The molecule has 6 nitrogen and oxygen atoms in total. The Labute approximate surface area is 118 Å². The van der Waals surface area contributed by atoms with Crippen molar-refractivity contribution in [3.05, 3.63) is 28.2 Å². The quantitative estimate of drug-likeness (QED) is 0.790. The lowest BCUT2D eigenvalue weighted by Crippen LogP contribution is -2.29. The molecule has 1 heterocycles. The Morgan fingerprint density at radius 2 is 1.95 bits per heavy atom. The molecule has 1 rings (SSSR count). The third-order valence-corrected chi connectivity index (χ3v) is 3.43. The molecular weight excluding hydrogens is 260 g/mol. The summed E-state index contributed by atoms with van der Waals surface area (Å²) in [6.45, 7) is 7.84. The average Bonchev–Trinajstić information content (AvgIpc) is 2.41. The molecule has 0 aliphatic rings. The molecule has 1 aromatic heterocycles. The molecule has 0 saturated carbocycles. The number of carboxylic acids is 1. The Balaban J connectivity index is 3.29. The molecule has 1 aromatic rings. The summed E-state index contributed by atoms with van der Waals surface area (Å²) in [6.07, 6.45) is 1.60. The Morgan fingerprint density at radius 3 is 2.40 bits per heavy atom. The molecular formula is C14H22N2O4. The van der Waals surface area contributed by atoms with Gasteiger partial charge in [0.25, 0.3) is 0 Å². The standard InChI is InChI=1S/C14H22N2O4/c1-4-11(14(19)20)16-9-13(18)12(17)7-10(16)8-15(5-2)6-3/h7,9,11,18H,4-6,8H2,1-3H3,(H,19,20). The molecule has 0 aromatic carbocycles. The van der Waals surface area contributed by atoms with Crippen molar-refractivity contribution in [1.29, 1.82) is 0 Å². The number of pyridine rings is 1. The molecule has 0 bridgehead atoms. The van der Waals surface area contributed by atoms with E-state index in [2.05, 4.69) is 4.90 Å². The van der Waals surface area contributed by atoms with Crippen LogP contribution < -0.4 is 5.43 Å². The van der Waals surface area contributed by atoms with Gasteiger partial charge in [-0.15, -0.1) is 0 Å². The smallest absolute Gasteiger partial charge is 0.326 e. The van der Waals surface area contributed by atoms with Gasteiger partial charge in [-0.2, -0.15) is 0 Å². The van der Waals surface area contributed by atoms with E-state index in [-0.39, 0.29) is 0 Å². The summed E-state index contributed by atoms with van der Waals surface area (Å²) >= 11 is 0. The third-order valence-electron chi connectivity index (χ3n) is 3.43. The summed E-state index contributed by atoms with van der Waals surface area (Å²) in [5.74, 6) is -1.40. The molecule has 0 aliphatic heterocycles. The third kappa shape index (κ3) is 3.60. The zero-order chi connectivity index (χ0) is 15.3. The molecule has 20 heavy (non-hydrogen) atoms. The molecule has 0 saturated heterocycles. The van der Waals surface area contributed by atoms with Gasteiger partial charge in [-0.1, -0.05) is 20.8 Å². The Hall–Kier alpha value is -1.82. The predicted octanol–water partition coefficient (Wildman–Crippen LogP) is 1.43. The number of nitrogens with zero attached hydrogens (tertiary/aromatic N) is 2. The maximum atomic E-state index is 11.6. The van der Waals surface area contributed by atoms with Crippen molar-refractivity contribution < 1.29 is 15.0 Å². The van der Waals surface area contributed by atoms with Crippen molar-refractivity contribution in [2.75, 3.05) is 13.1 Å². The Bertz CT molecular complexity index is 520. The van der Waals surface area contributed by atoms with Crippen molar-refractivity contribution >= 4 is 5.97 Å². The minimum atomic E-state index is -0.976. The summed E-state index contributed by atoms with van der Waals surface area (Å²) < 4.78 is 1.48. The fraction of sp³-hybridized carbons (Fsp3) is 0.571. The zero-order valence-corrected chi connectivity index (χ0v) is 12.2. The SMILES string of the molecule is CCC(C(=O)O)n1cc(O)c(=O)cc1CN(CC)CC. The summed E-state index contributed by atoms with van der Waals surface area (Å²) in [5, 5.41) is 18.8. The molecule has 1 atom stereocenters. The number of carboxylic acid groups (broad SMARTS) is 1. The number of aliphatic carboxylic acids is 1. The van der Waals surface area contributed by atoms with Crippen LogP contribution in [0.4, 0.5) is 0 Å². The minimum absolute atomic E-state index is 0.378. The van der Waals surface area contributed by atoms with Crippen LogP contribution >= 0.6 is 0 Å². The highest BCUT2D eigenvalue weighted by atomic mass is 16.4. The van der Waals surface area contributed by atoms with Gasteiger partial charge in [0, 0.05) is 18.3 Å². The van der Waals surface area contributed by atoms with E-state index >= 15 is 0 Å². The summed E-state index contributed by atoms with van der Waals surface area (Å²) in [5.41, 5.74) is 0.120. The molecule has 2 N–H and O–H groups in total. The van der Waals surface area contributed by atoms with Crippen LogP contribution in [0.1, 0.15) is 38.9 Å². The van der Waals surface area contributed by atoms with Crippen molar-refractivity contribution in [2.24, 2.45) is 0 Å². The van der Waals surface area contributed by atoms with Gasteiger partial charge in [-0.05, 0) is 19.5 Å². The lowest BCUT2D eigenvalue weighted by Gasteiger charge is -2.24. The van der Waals surface area contributed by atoms with Crippen LogP contribution in [0.15, 0.2) is 17.1 Å². The van der Waals surface area contributed by atoms with Gasteiger partial charge in [-0.25, -0.2) is 4.79 Å². The number of aromatic nitrogens is 1. The normalized spacial score (nSPS) is 12.6. The zero-order valence-electron chi connectivity index (χ0n) is 12.2. The van der Waals surface area contributed by atoms with Gasteiger partial charge < -0.3 is 14.8 Å². The van der Waals surface area contributed by atoms with E-state index in [1.807, 2.05) is 13.8 Å². The molecule has 6 heteroatoms. The second-order valence-corrected chi connectivity index (χ2v) is 4.65. The lowest BCUT2D eigenvalue weighted by molar-refractivity contribution is -0.141. The number of rotatable bonds is 7. The maximum absolute atomic E-state index is 11.6. The molecule has 0 radical (unpaired) electrons. The van der Waals surface area contributed by atoms with Crippen LogP contribution in [-0.4, -0.2) is 38.7 Å². The number of carbonyl (C=O) groups is 1. The summed E-state index contributed by atoms with van der Waals surface area (Å²) in [6, 6.07) is 0.534. The monoisotopic (exact) mass is 282 g/mol. The van der Waals surface area contributed by atoms with E-state index < -0.39 is 23.2 Å². The predicted molar refractivity (Wildman–Crippen MR) is 76.0 cm³/mol. The highest BCUT2D eigenvalue weighted by Gasteiger charge is 2.21. The summed E-state index contributed by atoms with van der Waals surface area (Å²) in [4.78, 5) is 25.0. The fourth-order valence-electron chi connectivity index (χ4n) is 2.16. The van der Waals surface area contributed by atoms with Crippen molar-refractivity contribution in [3.63, 3.8) is 0 Å². The maximum Gasteiger partial charge on any atom is 0.326 e. The largest absolute Gasteiger partial charge is 0.503 e. The van der Waals surface area contributed by atoms with Gasteiger partial charge in [0.15, 0.2) is 5.75 Å². The average molecular weight is 282 g/mol. The van der Waals surface area contributed by atoms with Crippen LogP contribution in [-0.2, 0) is 11.3 Å². The van der Waals surface area contributed by atoms with Gasteiger partial charge in [-0.3, -0.25) is 9.69 Å². The molecule has 112 valence electrons. The van der Waals surface area contributed by atoms with Gasteiger partial charge in [0.2, 0.25) is 5.43 Å². The number of hydrogen-bond donors (Lipinski definition) is 2. The Morgan fingerprint density at radius 1 is 1.35 bits per heavy atom. The van der Waals surface area contributed by atoms with Crippen LogP contribution in [0.3, 0.4) is 0 Å². The Kier molecular flexibility index (Phi) is 5.76. The van der Waals surface area contributed by atoms with Crippen LogP contribution in [0, 0.1) is 0 Å². The fourth-order valence-corrected chi connectivity index (χ4v) is 2.16. The second kappa shape index (κ2) is 7.09. The van der Waals surface area contributed by atoms with Crippen LogP contribution in [0.2, 0.25) is 0 Å². The van der Waals surface area contributed by atoms with E-state index in [0.717, 1.165) is 13.1 Å².